The van der Waals surface area contributed by atoms with Crippen molar-refractivity contribution >= 4 is 45.4 Å². The summed E-state index contributed by atoms with van der Waals surface area (Å²) in [5.41, 5.74) is 0.138. The molecule has 1 aliphatic rings. The first-order valence-electron chi connectivity index (χ1n) is 8.85. The summed E-state index contributed by atoms with van der Waals surface area (Å²) in [7, 11) is 0. The number of amides is 3. The fraction of sp³-hybridized carbons (Fsp3) is 0.211. The number of carbonyl (C=O) groups is 2. The number of aromatic nitrogens is 1. The number of fused-ring (bicyclic) bond motifs is 1. The van der Waals surface area contributed by atoms with E-state index in [1.165, 1.54) is 45.8 Å². The SMILES string of the molecule is O=C(Nc1nc2c(s1)CN(C(=O)Nc1ccccc1C(F)(F)F)CC2)c1ccsc1. The minimum Gasteiger partial charge on any atom is -0.319 e. The summed E-state index contributed by atoms with van der Waals surface area (Å²) in [4.78, 5) is 31.4. The molecular weight excluding hydrogens is 437 g/mol. The number of para-hydroxylation sites is 1. The second kappa shape index (κ2) is 8.07. The highest BCUT2D eigenvalue weighted by molar-refractivity contribution is 7.16. The summed E-state index contributed by atoms with van der Waals surface area (Å²) in [6, 6.07) is 5.95. The lowest BCUT2D eigenvalue weighted by Gasteiger charge is -2.26. The lowest BCUT2D eigenvalue weighted by atomic mass is 10.1. The predicted molar refractivity (Wildman–Crippen MR) is 109 cm³/mol. The highest BCUT2D eigenvalue weighted by Crippen LogP contribution is 2.35. The molecule has 1 aliphatic heterocycles. The number of urea groups is 1. The quantitative estimate of drug-likeness (QED) is 0.583. The minimum absolute atomic E-state index is 0.210. The van der Waals surface area contributed by atoms with Crippen LogP contribution in [0.1, 0.15) is 26.5 Å². The number of anilines is 2. The Bertz CT molecular complexity index is 1080. The van der Waals surface area contributed by atoms with Crippen LogP contribution in [0.3, 0.4) is 0 Å². The van der Waals surface area contributed by atoms with Gasteiger partial charge in [0.25, 0.3) is 5.91 Å². The largest absolute Gasteiger partial charge is 0.418 e. The summed E-state index contributed by atoms with van der Waals surface area (Å²) in [6.45, 7) is 0.524. The average molecular weight is 452 g/mol. The normalized spacial score (nSPS) is 13.6. The number of hydrogen-bond donors (Lipinski definition) is 2. The zero-order valence-electron chi connectivity index (χ0n) is 15.3. The van der Waals surface area contributed by atoms with Crippen molar-refractivity contribution in [3.05, 3.63) is 62.8 Å². The van der Waals surface area contributed by atoms with E-state index in [1.54, 1.807) is 16.8 Å². The van der Waals surface area contributed by atoms with Gasteiger partial charge in [0.2, 0.25) is 0 Å². The van der Waals surface area contributed by atoms with Crippen molar-refractivity contribution in [3.8, 4) is 0 Å². The molecule has 0 atom stereocenters. The second-order valence-electron chi connectivity index (χ2n) is 6.50. The van der Waals surface area contributed by atoms with E-state index in [4.69, 9.17) is 0 Å². The maximum atomic E-state index is 13.1. The number of thiophene rings is 1. The van der Waals surface area contributed by atoms with Gasteiger partial charge in [0.1, 0.15) is 0 Å². The summed E-state index contributed by atoms with van der Waals surface area (Å²) in [6.07, 6.45) is -4.11. The Morgan fingerprint density at radius 1 is 1.13 bits per heavy atom. The Hall–Kier alpha value is -2.92. The van der Waals surface area contributed by atoms with Gasteiger partial charge in [-0.1, -0.05) is 23.5 Å². The first-order valence-corrected chi connectivity index (χ1v) is 10.6. The number of benzene rings is 1. The molecule has 2 aromatic heterocycles. The van der Waals surface area contributed by atoms with Crippen molar-refractivity contribution in [1.82, 2.24) is 9.88 Å². The van der Waals surface area contributed by atoms with Crippen LogP contribution in [0, 0.1) is 0 Å². The van der Waals surface area contributed by atoms with Gasteiger partial charge in [-0.2, -0.15) is 24.5 Å². The lowest BCUT2D eigenvalue weighted by Crippen LogP contribution is -2.38. The third kappa shape index (κ3) is 4.31. The van der Waals surface area contributed by atoms with Gasteiger partial charge < -0.3 is 10.2 Å². The van der Waals surface area contributed by atoms with E-state index >= 15 is 0 Å². The molecule has 0 saturated carbocycles. The van der Waals surface area contributed by atoms with Gasteiger partial charge in [-0.05, 0) is 23.6 Å². The first-order chi connectivity index (χ1) is 14.3. The van der Waals surface area contributed by atoms with Crippen LogP contribution in [0.4, 0.5) is 28.8 Å². The molecule has 0 spiro atoms. The van der Waals surface area contributed by atoms with Crippen molar-refractivity contribution in [2.75, 3.05) is 17.2 Å². The number of hydrogen-bond acceptors (Lipinski definition) is 5. The van der Waals surface area contributed by atoms with E-state index in [2.05, 4.69) is 15.6 Å². The summed E-state index contributed by atoms with van der Waals surface area (Å²) < 4.78 is 39.4. The predicted octanol–water partition coefficient (Wildman–Crippen LogP) is 5.07. The Balaban J connectivity index is 1.44. The summed E-state index contributed by atoms with van der Waals surface area (Å²) >= 11 is 2.67. The third-order valence-corrected chi connectivity index (χ3v) is 6.18. The first kappa shape index (κ1) is 20.4. The number of nitrogens with zero attached hydrogens (tertiary/aromatic N) is 2. The topological polar surface area (TPSA) is 74.3 Å². The van der Waals surface area contributed by atoms with E-state index in [0.29, 0.717) is 23.7 Å². The highest BCUT2D eigenvalue weighted by Gasteiger charge is 2.34. The Morgan fingerprint density at radius 3 is 2.67 bits per heavy atom. The molecule has 0 bridgehead atoms. The molecule has 0 fully saturated rings. The molecular formula is C19H15F3N4O2S2. The molecule has 6 nitrogen and oxygen atoms in total. The number of alkyl halides is 3. The number of halogens is 3. The number of carbonyl (C=O) groups excluding carboxylic acids is 2. The van der Waals surface area contributed by atoms with Gasteiger partial charge in [-0.3, -0.25) is 10.1 Å². The van der Waals surface area contributed by atoms with Crippen LogP contribution < -0.4 is 10.6 Å². The minimum atomic E-state index is -4.56. The maximum absolute atomic E-state index is 13.1. The van der Waals surface area contributed by atoms with E-state index in [-0.39, 0.29) is 18.1 Å². The lowest BCUT2D eigenvalue weighted by molar-refractivity contribution is -0.136. The molecule has 4 rings (SSSR count). The smallest absolute Gasteiger partial charge is 0.319 e. The maximum Gasteiger partial charge on any atom is 0.418 e. The second-order valence-corrected chi connectivity index (χ2v) is 8.36. The average Bonchev–Trinajstić information content (AvgIpc) is 3.36. The van der Waals surface area contributed by atoms with Crippen LogP contribution >= 0.6 is 22.7 Å². The van der Waals surface area contributed by atoms with Crippen LogP contribution in [-0.2, 0) is 19.1 Å². The molecule has 0 unspecified atom stereocenters. The monoisotopic (exact) mass is 452 g/mol. The molecule has 0 radical (unpaired) electrons. The summed E-state index contributed by atoms with van der Waals surface area (Å²) in [5.74, 6) is -0.263. The standard InChI is InChI=1S/C19H15F3N4O2S2/c20-19(21,22)12-3-1-2-4-13(12)24-18(28)26-7-5-14-15(9-26)30-17(23-14)25-16(27)11-6-8-29-10-11/h1-4,6,8,10H,5,7,9H2,(H,24,28)(H,23,25,27). The van der Waals surface area contributed by atoms with Gasteiger partial charge in [0.05, 0.1) is 29.1 Å². The fourth-order valence-electron chi connectivity index (χ4n) is 3.02. The molecule has 3 heterocycles. The van der Waals surface area contributed by atoms with E-state index in [0.717, 1.165) is 16.6 Å². The molecule has 30 heavy (non-hydrogen) atoms. The zero-order chi connectivity index (χ0) is 21.3. The van der Waals surface area contributed by atoms with Crippen LogP contribution in [0.2, 0.25) is 0 Å². The van der Waals surface area contributed by atoms with Crippen LogP contribution in [0.15, 0.2) is 41.1 Å². The number of thiazole rings is 1. The van der Waals surface area contributed by atoms with Crippen molar-refractivity contribution in [2.45, 2.75) is 19.1 Å². The van der Waals surface area contributed by atoms with Crippen LogP contribution in [0.5, 0.6) is 0 Å². The van der Waals surface area contributed by atoms with Crippen LogP contribution in [0.25, 0.3) is 0 Å². The Labute approximate surface area is 177 Å². The number of nitrogens with one attached hydrogen (secondary N) is 2. The molecule has 11 heteroatoms. The third-order valence-electron chi connectivity index (χ3n) is 4.50. The van der Waals surface area contributed by atoms with Gasteiger partial charge in [0.15, 0.2) is 5.13 Å². The molecule has 3 amide bonds. The molecule has 2 N–H and O–H groups in total. The van der Waals surface area contributed by atoms with Gasteiger partial charge in [-0.25, -0.2) is 9.78 Å². The Kier molecular flexibility index (Phi) is 5.48. The van der Waals surface area contributed by atoms with Gasteiger partial charge >= 0.3 is 12.2 Å². The van der Waals surface area contributed by atoms with E-state index < -0.39 is 17.8 Å². The Morgan fingerprint density at radius 2 is 1.93 bits per heavy atom. The van der Waals surface area contributed by atoms with Gasteiger partial charge in [-0.15, -0.1) is 0 Å². The molecule has 3 aromatic rings. The van der Waals surface area contributed by atoms with E-state index in [1.807, 2.05) is 0 Å². The van der Waals surface area contributed by atoms with Crippen molar-refractivity contribution in [3.63, 3.8) is 0 Å². The fourth-order valence-corrected chi connectivity index (χ4v) is 4.67. The summed E-state index contributed by atoms with van der Waals surface area (Å²) in [5, 5.41) is 9.06. The highest BCUT2D eigenvalue weighted by atomic mass is 32.1. The van der Waals surface area contributed by atoms with Crippen molar-refractivity contribution in [1.29, 1.82) is 0 Å². The molecule has 1 aromatic carbocycles. The number of rotatable bonds is 3. The van der Waals surface area contributed by atoms with Crippen molar-refractivity contribution in [2.24, 2.45) is 0 Å². The zero-order valence-corrected chi connectivity index (χ0v) is 17.0. The molecule has 156 valence electrons. The van der Waals surface area contributed by atoms with Crippen molar-refractivity contribution < 1.29 is 22.8 Å². The van der Waals surface area contributed by atoms with Gasteiger partial charge in [0, 0.05) is 23.2 Å². The van der Waals surface area contributed by atoms with Crippen LogP contribution in [-0.4, -0.2) is 28.4 Å². The molecule has 0 saturated heterocycles. The van der Waals surface area contributed by atoms with E-state index in [9.17, 15) is 22.8 Å². The molecule has 0 aliphatic carbocycles.